The maximum Gasteiger partial charge on any atom is 0.328 e. The first-order valence-corrected chi connectivity index (χ1v) is 31.4. The summed E-state index contributed by atoms with van der Waals surface area (Å²) in [5.74, 6) is 2.35. The molecule has 0 bridgehead atoms. The first-order valence-electron chi connectivity index (χ1n) is 31.4. The Morgan fingerprint density at radius 1 is 0.535 bits per heavy atom. The Morgan fingerprint density at radius 2 is 0.988 bits per heavy atom. The van der Waals surface area contributed by atoms with Crippen LogP contribution in [0.3, 0.4) is 0 Å². The molecule has 86 heavy (non-hydrogen) atoms. The van der Waals surface area contributed by atoms with Crippen LogP contribution in [0.5, 0.6) is 0 Å². The predicted molar refractivity (Wildman–Crippen MR) is 341 cm³/mol. The van der Waals surface area contributed by atoms with E-state index < -0.39 is 52.5 Å². The number of carbonyl (C=O) groups is 4. The summed E-state index contributed by atoms with van der Waals surface area (Å²) in [6.45, 7) is 26.6. The van der Waals surface area contributed by atoms with Crippen molar-refractivity contribution in [2.75, 3.05) is 0 Å². The van der Waals surface area contributed by atoms with Crippen LogP contribution in [0, 0.1) is 94.7 Å². The fourth-order valence-corrected chi connectivity index (χ4v) is 16.9. The third-order valence-electron chi connectivity index (χ3n) is 20.1. The summed E-state index contributed by atoms with van der Waals surface area (Å²) in [5.41, 5.74) is 0.461. The van der Waals surface area contributed by atoms with E-state index in [1.54, 1.807) is 61.6 Å². The number of allylic oxidation sites excluding steroid dienone is 15. The minimum absolute atomic E-state index is 0.0356. The number of aliphatic carboxylic acids is 3. The normalized spacial score (nSPS) is 41.2. The molecule has 474 valence electrons. The van der Waals surface area contributed by atoms with E-state index in [9.17, 15) is 49.8 Å². The summed E-state index contributed by atoms with van der Waals surface area (Å²) in [7, 11) is 0. The molecule has 13 heteroatoms. The van der Waals surface area contributed by atoms with E-state index in [0.717, 1.165) is 73.8 Å². The Bertz CT molecular complexity index is 2700. The van der Waals surface area contributed by atoms with Crippen molar-refractivity contribution in [2.24, 2.45) is 94.7 Å². The number of ketones is 1. The van der Waals surface area contributed by atoms with E-state index >= 15 is 0 Å². The van der Waals surface area contributed by atoms with Crippen LogP contribution < -0.4 is 0 Å². The molecule has 9 N–H and O–H groups in total. The van der Waals surface area contributed by atoms with Crippen molar-refractivity contribution in [2.45, 2.75) is 176 Å². The molecule has 13 nitrogen and oxygen atoms in total. The van der Waals surface area contributed by atoms with Gasteiger partial charge in [-0.2, -0.15) is 0 Å². The SMILES string of the molecule is CC(=O)/C=C/C=C/C1=C(C)C=C[C@H]2C[C@](C)(O)C[C@@H](C)[C@H]12.CC1=C[C@@H](O)[C@H]2C[C@@H](C)C[C@@H](C)[C@@H]2[C@@]1(O)/C=C/C=C/C(=O)O.CC1=C[C@H](O)[C@H]2C[C@@H](C)C[C@@H](C)[C@@H]2[C@@]1(O)/C=C/C=C/C(=O)O.C[C@H]1C[C@@H](C)[C@@H]2[C@@H](/C=C/C=C/C(=O)O)[C@](C)(O)C=C[C@H]2C1. The molecule has 0 saturated heterocycles. The summed E-state index contributed by atoms with van der Waals surface area (Å²) >= 11 is 0. The molecule has 0 aliphatic heterocycles. The molecule has 8 rings (SSSR count). The van der Waals surface area contributed by atoms with Gasteiger partial charge in [0.1, 0.15) is 11.2 Å². The van der Waals surface area contributed by atoms with Crippen molar-refractivity contribution in [3.63, 3.8) is 0 Å². The van der Waals surface area contributed by atoms with Crippen LogP contribution in [0.2, 0.25) is 0 Å². The molecule has 8 aliphatic rings. The van der Waals surface area contributed by atoms with Crippen LogP contribution in [0.1, 0.15) is 141 Å². The molecule has 0 heterocycles. The number of carbonyl (C=O) groups excluding carboxylic acids is 1. The Labute approximate surface area is 513 Å². The lowest BCUT2D eigenvalue weighted by Gasteiger charge is -2.51. The fraction of sp³-hybridized carbons (Fsp3) is 0.589. The summed E-state index contributed by atoms with van der Waals surface area (Å²) in [6, 6.07) is 0. The number of carboxylic acids is 3. The van der Waals surface area contributed by atoms with Gasteiger partial charge in [0, 0.05) is 36.0 Å². The fourth-order valence-electron chi connectivity index (χ4n) is 16.9. The van der Waals surface area contributed by atoms with Gasteiger partial charge in [0.05, 0.1) is 23.4 Å². The van der Waals surface area contributed by atoms with E-state index in [-0.39, 0.29) is 35.4 Å². The molecular weight excluding hydrogens is 1080 g/mol. The summed E-state index contributed by atoms with van der Waals surface area (Å²) in [5, 5.41) is 90.2. The number of fused-ring (bicyclic) bond motifs is 4. The Hall–Kier alpha value is -5.54. The molecule has 0 spiro atoms. The Balaban J connectivity index is 0.000000209. The lowest BCUT2D eigenvalue weighted by atomic mass is 9.56. The molecule has 0 radical (unpaired) electrons. The molecule has 0 aromatic heterocycles. The molecular formula is C73H104O13. The van der Waals surface area contributed by atoms with Crippen molar-refractivity contribution in [1.29, 1.82) is 0 Å². The van der Waals surface area contributed by atoms with Crippen LogP contribution in [-0.4, -0.2) is 104 Å². The van der Waals surface area contributed by atoms with E-state index in [2.05, 4.69) is 79.7 Å². The van der Waals surface area contributed by atoms with Crippen molar-refractivity contribution in [1.82, 2.24) is 0 Å². The molecule has 8 aliphatic carbocycles. The van der Waals surface area contributed by atoms with Crippen molar-refractivity contribution < 1.29 is 65.1 Å². The highest BCUT2D eigenvalue weighted by Crippen LogP contribution is 2.54. The predicted octanol–water partition coefficient (Wildman–Crippen LogP) is 12.5. The van der Waals surface area contributed by atoms with Crippen LogP contribution in [-0.2, 0) is 19.2 Å². The third-order valence-corrected chi connectivity index (χ3v) is 20.1. The second-order valence-corrected chi connectivity index (χ2v) is 27.8. The summed E-state index contributed by atoms with van der Waals surface area (Å²) in [6.07, 6.45) is 44.2. The van der Waals surface area contributed by atoms with Gasteiger partial charge in [0.15, 0.2) is 5.78 Å². The molecule has 22 atom stereocenters. The van der Waals surface area contributed by atoms with Gasteiger partial charge in [-0.1, -0.05) is 146 Å². The van der Waals surface area contributed by atoms with Gasteiger partial charge in [-0.25, -0.2) is 14.4 Å². The van der Waals surface area contributed by atoms with Gasteiger partial charge < -0.3 is 46.0 Å². The lowest BCUT2D eigenvalue weighted by molar-refractivity contribution is -0.132. The summed E-state index contributed by atoms with van der Waals surface area (Å²) in [4.78, 5) is 42.5. The number of hydrogen-bond donors (Lipinski definition) is 9. The van der Waals surface area contributed by atoms with Gasteiger partial charge in [-0.05, 0) is 210 Å². The number of hydrogen-bond acceptors (Lipinski definition) is 10. The largest absolute Gasteiger partial charge is 0.478 e. The number of aliphatic hydroxyl groups is 6. The lowest BCUT2D eigenvalue weighted by Crippen LogP contribution is -2.53. The van der Waals surface area contributed by atoms with Gasteiger partial charge >= 0.3 is 17.9 Å². The maximum atomic E-state index is 11.2. The van der Waals surface area contributed by atoms with E-state index in [4.69, 9.17) is 15.3 Å². The first-order chi connectivity index (χ1) is 40.1. The van der Waals surface area contributed by atoms with Gasteiger partial charge in [-0.15, -0.1) is 0 Å². The quantitative estimate of drug-likeness (QED) is 0.0502. The summed E-state index contributed by atoms with van der Waals surface area (Å²) < 4.78 is 0. The highest BCUT2D eigenvalue weighted by Gasteiger charge is 2.53. The van der Waals surface area contributed by atoms with Crippen LogP contribution in [0.25, 0.3) is 0 Å². The van der Waals surface area contributed by atoms with E-state index in [1.807, 2.05) is 45.9 Å². The number of aliphatic hydroxyl groups excluding tert-OH is 2. The number of rotatable bonds is 12. The first kappa shape index (κ1) is 71.2. The molecule has 4 fully saturated rings. The van der Waals surface area contributed by atoms with Crippen molar-refractivity contribution >= 4 is 23.7 Å². The monoisotopic (exact) mass is 1190 g/mol. The molecule has 0 aromatic rings. The standard InChI is InChI=1S/C19H26O2.2C18H26O4.C18H26O3/c1-13-9-10-16-12-19(4,21)11-14(2)18(16)17(13)8-6-5-7-15(3)20;2*1-11-8-12(2)17-14(9-11)15(19)10-13(3)18(17,22)7-5-4-6-16(20)21;1-12-10-13(2)17-14(11-12)8-9-18(3,21)15(17)6-4-5-7-16(19)20/h5-10,14,16,18,21H,11-12H2,1-4H3;2*4-7,10-12,14-15,17,19,22H,8-9H2,1-3H3,(H,20,21);4-9,12-15,17,21H,10-11H2,1-3H3,(H,19,20)/b7-5+,8-6+;3*6-4+,7-5+/t14-,16+,18+,19-;11-,12+,14+,15+,17-,18+;11-,12+,14+,15-,17-,18+;12-,13+,14-,15+,17-,18+/m1000/s1. The molecule has 4 saturated carbocycles. The molecule has 0 aromatic carbocycles. The van der Waals surface area contributed by atoms with Gasteiger partial charge in [0.2, 0.25) is 0 Å². The zero-order chi connectivity index (χ0) is 64.2. The zero-order valence-electron chi connectivity index (χ0n) is 53.4. The Kier molecular flexibility index (Phi) is 25.3. The maximum absolute atomic E-state index is 11.2. The van der Waals surface area contributed by atoms with Crippen molar-refractivity contribution in [3.8, 4) is 0 Å². The smallest absolute Gasteiger partial charge is 0.328 e. The van der Waals surface area contributed by atoms with E-state index in [1.165, 1.54) is 42.2 Å². The van der Waals surface area contributed by atoms with Crippen LogP contribution in [0.4, 0.5) is 0 Å². The zero-order valence-corrected chi connectivity index (χ0v) is 53.4. The molecule has 0 amide bonds. The molecule has 0 unspecified atom stereocenters. The highest BCUT2D eigenvalue weighted by molar-refractivity contribution is 5.87. The second kappa shape index (κ2) is 30.6. The average molecular weight is 1190 g/mol. The topological polar surface area (TPSA) is 250 Å². The Morgan fingerprint density at radius 3 is 1.47 bits per heavy atom. The third kappa shape index (κ3) is 18.5. The van der Waals surface area contributed by atoms with Crippen molar-refractivity contribution in [3.05, 3.63) is 156 Å². The van der Waals surface area contributed by atoms with Crippen LogP contribution >= 0.6 is 0 Å². The number of carboxylic acid groups (broad SMARTS) is 3. The highest BCUT2D eigenvalue weighted by atomic mass is 16.4. The minimum Gasteiger partial charge on any atom is -0.478 e. The second-order valence-electron chi connectivity index (χ2n) is 27.8. The van der Waals surface area contributed by atoms with Crippen LogP contribution in [0.15, 0.2) is 156 Å². The van der Waals surface area contributed by atoms with E-state index in [0.29, 0.717) is 59.2 Å². The van der Waals surface area contributed by atoms with Gasteiger partial charge in [0.25, 0.3) is 0 Å². The average Bonchev–Trinajstić information content (AvgIpc) is 0.962. The van der Waals surface area contributed by atoms with Gasteiger partial charge in [-0.3, -0.25) is 4.79 Å². The minimum atomic E-state index is -1.12.